The first kappa shape index (κ1) is 14.7. The standard InChI is InChI=1S/C10H5ClF3NO2S/c1-17-9(16)6-2-5(4-15)3-7(11)8(6)18-10(12,13)14/h2-3H,1H3. The third-order valence-corrected chi connectivity index (χ3v) is 3.08. The van der Waals surface area contributed by atoms with Gasteiger partial charge in [-0.25, -0.2) is 4.79 Å². The average molecular weight is 296 g/mol. The van der Waals surface area contributed by atoms with Gasteiger partial charge in [0.2, 0.25) is 0 Å². The van der Waals surface area contributed by atoms with Crippen molar-refractivity contribution in [3.63, 3.8) is 0 Å². The van der Waals surface area contributed by atoms with Gasteiger partial charge in [0.15, 0.2) is 0 Å². The van der Waals surface area contributed by atoms with Gasteiger partial charge >= 0.3 is 11.5 Å². The first-order valence-corrected chi connectivity index (χ1v) is 5.55. The molecule has 0 saturated carbocycles. The van der Waals surface area contributed by atoms with Crippen molar-refractivity contribution < 1.29 is 22.7 Å². The van der Waals surface area contributed by atoms with Gasteiger partial charge in [0.1, 0.15) is 0 Å². The Kier molecular flexibility index (Phi) is 4.48. The molecule has 0 N–H and O–H groups in total. The van der Waals surface area contributed by atoms with Crippen molar-refractivity contribution in [3.05, 3.63) is 28.3 Å². The Morgan fingerprint density at radius 3 is 2.56 bits per heavy atom. The summed E-state index contributed by atoms with van der Waals surface area (Å²) < 4.78 is 41.4. The fraction of sp³-hybridized carbons (Fsp3) is 0.200. The monoisotopic (exact) mass is 295 g/mol. The van der Waals surface area contributed by atoms with Crippen molar-refractivity contribution in [2.45, 2.75) is 10.4 Å². The second kappa shape index (κ2) is 5.50. The largest absolute Gasteiger partial charge is 0.465 e. The van der Waals surface area contributed by atoms with E-state index >= 15 is 0 Å². The highest BCUT2D eigenvalue weighted by Crippen LogP contribution is 2.42. The fourth-order valence-corrected chi connectivity index (χ4v) is 2.11. The summed E-state index contributed by atoms with van der Waals surface area (Å²) in [4.78, 5) is 10.9. The van der Waals surface area contributed by atoms with Gasteiger partial charge in [-0.15, -0.1) is 0 Å². The number of halogens is 4. The summed E-state index contributed by atoms with van der Waals surface area (Å²) in [7, 11) is 1.03. The summed E-state index contributed by atoms with van der Waals surface area (Å²) in [6.45, 7) is 0. The number of nitriles is 1. The predicted octanol–water partition coefficient (Wildman–Crippen LogP) is 3.61. The van der Waals surface area contributed by atoms with E-state index in [9.17, 15) is 18.0 Å². The predicted molar refractivity (Wildman–Crippen MR) is 59.4 cm³/mol. The Morgan fingerprint density at radius 2 is 2.11 bits per heavy atom. The molecule has 0 radical (unpaired) electrons. The number of benzene rings is 1. The molecular formula is C10H5ClF3NO2S. The molecule has 0 aromatic heterocycles. The van der Waals surface area contributed by atoms with Crippen LogP contribution in [0.15, 0.2) is 17.0 Å². The fourth-order valence-electron chi connectivity index (χ4n) is 1.14. The van der Waals surface area contributed by atoms with Crippen LogP contribution in [0.5, 0.6) is 0 Å². The first-order chi connectivity index (χ1) is 8.28. The van der Waals surface area contributed by atoms with Gasteiger partial charge < -0.3 is 4.74 Å². The highest BCUT2D eigenvalue weighted by atomic mass is 35.5. The molecule has 8 heteroatoms. The van der Waals surface area contributed by atoms with Crippen LogP contribution >= 0.6 is 23.4 Å². The van der Waals surface area contributed by atoms with Crippen LogP contribution in [0.1, 0.15) is 15.9 Å². The zero-order chi connectivity index (χ0) is 13.9. The molecular weight excluding hydrogens is 291 g/mol. The minimum Gasteiger partial charge on any atom is -0.465 e. The van der Waals surface area contributed by atoms with E-state index in [0.29, 0.717) is 0 Å². The van der Waals surface area contributed by atoms with Gasteiger partial charge in [-0.1, -0.05) is 11.6 Å². The van der Waals surface area contributed by atoms with Crippen LogP contribution in [0.2, 0.25) is 5.02 Å². The molecule has 0 atom stereocenters. The van der Waals surface area contributed by atoms with Crippen LogP contribution in [0.3, 0.4) is 0 Å². The quantitative estimate of drug-likeness (QED) is 0.618. The maximum Gasteiger partial charge on any atom is 0.446 e. The number of thioether (sulfide) groups is 1. The average Bonchev–Trinajstić information content (AvgIpc) is 2.28. The number of hydrogen-bond donors (Lipinski definition) is 0. The van der Waals surface area contributed by atoms with Crippen LogP contribution in [0.25, 0.3) is 0 Å². The molecule has 1 aromatic carbocycles. The van der Waals surface area contributed by atoms with E-state index in [1.807, 2.05) is 0 Å². The van der Waals surface area contributed by atoms with Crippen molar-refractivity contribution in [1.29, 1.82) is 5.26 Å². The third kappa shape index (κ3) is 3.55. The van der Waals surface area contributed by atoms with Gasteiger partial charge in [-0.3, -0.25) is 0 Å². The Labute approximate surface area is 109 Å². The molecule has 0 unspecified atom stereocenters. The van der Waals surface area contributed by atoms with Gasteiger partial charge in [0.25, 0.3) is 0 Å². The summed E-state index contributed by atoms with van der Waals surface area (Å²) in [5.74, 6) is -0.985. The number of methoxy groups -OCH3 is 1. The molecule has 1 aromatic rings. The molecule has 3 nitrogen and oxygen atoms in total. The number of hydrogen-bond acceptors (Lipinski definition) is 4. The normalized spacial score (nSPS) is 10.9. The van der Waals surface area contributed by atoms with E-state index in [-0.39, 0.29) is 16.1 Å². The lowest BCUT2D eigenvalue weighted by Gasteiger charge is -2.11. The summed E-state index contributed by atoms with van der Waals surface area (Å²) in [6.07, 6.45) is 0. The molecule has 0 saturated heterocycles. The molecule has 96 valence electrons. The smallest absolute Gasteiger partial charge is 0.446 e. The number of esters is 1. The van der Waals surface area contributed by atoms with Crippen molar-refractivity contribution >= 4 is 29.3 Å². The number of ether oxygens (including phenoxy) is 1. The topological polar surface area (TPSA) is 50.1 Å². The van der Waals surface area contributed by atoms with Crippen LogP contribution in [-0.4, -0.2) is 18.6 Å². The van der Waals surface area contributed by atoms with Crippen molar-refractivity contribution in [3.8, 4) is 6.07 Å². The molecule has 0 aliphatic rings. The highest BCUT2D eigenvalue weighted by molar-refractivity contribution is 8.00. The Hall–Kier alpha value is -1.39. The number of alkyl halides is 3. The summed E-state index contributed by atoms with van der Waals surface area (Å²) in [5.41, 5.74) is -5.00. The van der Waals surface area contributed by atoms with E-state index in [0.717, 1.165) is 19.2 Å². The lowest BCUT2D eigenvalue weighted by Crippen LogP contribution is -2.08. The molecule has 0 fully saturated rings. The Balaban J connectivity index is 3.39. The maximum absolute atomic E-state index is 12.3. The van der Waals surface area contributed by atoms with Crippen LogP contribution < -0.4 is 0 Å². The van der Waals surface area contributed by atoms with Gasteiger partial charge in [-0.2, -0.15) is 18.4 Å². The molecule has 0 amide bonds. The second-order valence-corrected chi connectivity index (χ2v) is 4.47. The number of nitrogens with zero attached hydrogens (tertiary/aromatic N) is 1. The highest BCUT2D eigenvalue weighted by Gasteiger charge is 2.33. The zero-order valence-electron chi connectivity index (χ0n) is 8.84. The van der Waals surface area contributed by atoms with E-state index in [1.54, 1.807) is 6.07 Å². The zero-order valence-corrected chi connectivity index (χ0v) is 10.4. The third-order valence-electron chi connectivity index (χ3n) is 1.80. The van der Waals surface area contributed by atoms with E-state index in [4.69, 9.17) is 16.9 Å². The molecule has 1 rings (SSSR count). The van der Waals surface area contributed by atoms with Gasteiger partial charge in [0.05, 0.1) is 29.3 Å². The van der Waals surface area contributed by atoms with Crippen LogP contribution in [0, 0.1) is 11.3 Å². The Morgan fingerprint density at radius 1 is 1.50 bits per heavy atom. The second-order valence-electron chi connectivity index (χ2n) is 2.99. The molecule has 18 heavy (non-hydrogen) atoms. The summed E-state index contributed by atoms with van der Waals surface area (Å²) in [6, 6.07) is 3.76. The van der Waals surface area contributed by atoms with E-state index in [2.05, 4.69) is 4.74 Å². The number of carbonyl (C=O) groups excluding carboxylic acids is 1. The molecule has 0 bridgehead atoms. The molecule has 0 heterocycles. The number of rotatable bonds is 2. The molecule has 0 aliphatic carbocycles. The molecule has 0 spiro atoms. The Bertz CT molecular complexity index is 525. The summed E-state index contributed by atoms with van der Waals surface area (Å²) in [5, 5.41) is 8.35. The summed E-state index contributed by atoms with van der Waals surface area (Å²) >= 11 is 5.12. The first-order valence-electron chi connectivity index (χ1n) is 4.36. The number of carbonyl (C=O) groups is 1. The van der Waals surface area contributed by atoms with E-state index < -0.39 is 28.1 Å². The minimum absolute atomic E-state index is 0.0214. The minimum atomic E-state index is -4.60. The van der Waals surface area contributed by atoms with Crippen LogP contribution in [0.4, 0.5) is 13.2 Å². The lowest BCUT2D eigenvalue weighted by atomic mass is 10.1. The van der Waals surface area contributed by atoms with Crippen LogP contribution in [-0.2, 0) is 4.74 Å². The van der Waals surface area contributed by atoms with Gasteiger partial charge in [0, 0.05) is 4.90 Å². The van der Waals surface area contributed by atoms with Crippen molar-refractivity contribution in [1.82, 2.24) is 0 Å². The maximum atomic E-state index is 12.3. The lowest BCUT2D eigenvalue weighted by molar-refractivity contribution is -0.0328. The molecule has 0 aliphatic heterocycles. The van der Waals surface area contributed by atoms with Crippen molar-refractivity contribution in [2.24, 2.45) is 0 Å². The van der Waals surface area contributed by atoms with Crippen molar-refractivity contribution in [2.75, 3.05) is 7.11 Å². The van der Waals surface area contributed by atoms with Gasteiger partial charge in [-0.05, 0) is 23.9 Å². The SMILES string of the molecule is COC(=O)c1cc(C#N)cc(Cl)c1SC(F)(F)F. The van der Waals surface area contributed by atoms with E-state index in [1.165, 1.54) is 0 Å².